The highest BCUT2D eigenvalue weighted by Gasteiger charge is 2.19. The van der Waals surface area contributed by atoms with Crippen LogP contribution in [0.4, 0.5) is 0 Å². The van der Waals surface area contributed by atoms with Crippen molar-refractivity contribution < 1.29 is 0 Å². The average Bonchev–Trinajstić information content (AvgIpc) is 2.39. The van der Waals surface area contributed by atoms with Crippen LogP contribution in [0, 0.1) is 13.8 Å². The number of rotatable bonds is 0. The van der Waals surface area contributed by atoms with Gasteiger partial charge in [-0.05, 0) is 37.3 Å². The summed E-state index contributed by atoms with van der Waals surface area (Å²) in [5.74, 6) is 0.797. The maximum atomic E-state index is 4.63. The first-order valence-corrected chi connectivity index (χ1v) is 8.10. The number of aromatic nitrogens is 1. The summed E-state index contributed by atoms with van der Waals surface area (Å²) in [5.41, 5.74) is 4.29. The standard InChI is InChI=1S/C14H15N3S2/c1-7-8(2)16-14-11-5-10(13(15-4)17-14)9(3)18-6-19-12(7)11/h5H,6H2,1-4H3/b10-9+,15-13?. The van der Waals surface area contributed by atoms with Crippen LogP contribution >= 0.6 is 23.5 Å². The van der Waals surface area contributed by atoms with Crippen molar-refractivity contribution in [1.82, 2.24) is 4.98 Å². The molecule has 0 saturated heterocycles. The third-order valence-corrected chi connectivity index (χ3v) is 5.86. The Morgan fingerprint density at radius 2 is 2.00 bits per heavy atom. The lowest BCUT2D eigenvalue weighted by Gasteiger charge is -2.17. The number of thioether (sulfide) groups is 2. The van der Waals surface area contributed by atoms with Gasteiger partial charge in [-0.15, -0.1) is 23.5 Å². The Kier molecular flexibility index (Phi) is 3.27. The van der Waals surface area contributed by atoms with Crippen LogP contribution in [0.1, 0.15) is 18.2 Å². The van der Waals surface area contributed by atoms with Gasteiger partial charge in [0.15, 0.2) is 11.3 Å². The minimum atomic E-state index is 0.797. The molecule has 3 heterocycles. The first-order chi connectivity index (χ1) is 9.11. The summed E-state index contributed by atoms with van der Waals surface area (Å²) in [7, 11) is 1.79. The normalized spacial score (nSPS) is 23.5. The number of hydrogen-bond acceptors (Lipinski definition) is 4. The van der Waals surface area contributed by atoms with Crippen molar-refractivity contribution >= 4 is 35.4 Å². The molecule has 1 aromatic heterocycles. The molecule has 0 amide bonds. The molecule has 2 aliphatic heterocycles. The Balaban J connectivity index is 2.49. The number of allylic oxidation sites excluding steroid dienone is 1. The second-order valence-corrected chi connectivity index (χ2v) is 7.11. The van der Waals surface area contributed by atoms with Gasteiger partial charge in [0.25, 0.3) is 0 Å². The maximum absolute atomic E-state index is 4.63. The molecule has 0 saturated carbocycles. The van der Waals surface area contributed by atoms with E-state index in [1.807, 2.05) is 30.4 Å². The third kappa shape index (κ3) is 2.05. The number of nitrogens with zero attached hydrogens (tertiary/aromatic N) is 3. The molecule has 0 radical (unpaired) electrons. The van der Waals surface area contributed by atoms with Crippen LogP contribution < -0.4 is 10.7 Å². The van der Waals surface area contributed by atoms with Gasteiger partial charge in [-0.2, -0.15) is 0 Å². The van der Waals surface area contributed by atoms with Crippen molar-refractivity contribution in [3.8, 4) is 0 Å². The molecular formula is C14H15N3S2. The number of amidine groups is 1. The van der Waals surface area contributed by atoms with Crippen LogP contribution in [0.25, 0.3) is 6.08 Å². The number of aliphatic imine (C=N–C) groups is 1. The molecule has 0 aliphatic carbocycles. The van der Waals surface area contributed by atoms with E-state index in [0.29, 0.717) is 0 Å². The Bertz CT molecular complexity index is 745. The van der Waals surface area contributed by atoms with Crippen molar-refractivity contribution in [2.24, 2.45) is 9.98 Å². The zero-order valence-electron chi connectivity index (χ0n) is 11.4. The Morgan fingerprint density at radius 1 is 1.21 bits per heavy atom. The predicted molar refractivity (Wildman–Crippen MR) is 83.3 cm³/mol. The Labute approximate surface area is 121 Å². The lowest BCUT2D eigenvalue weighted by molar-refractivity contribution is 0.988. The van der Waals surface area contributed by atoms with Crippen molar-refractivity contribution in [3.05, 3.63) is 32.4 Å². The zero-order valence-corrected chi connectivity index (χ0v) is 13.1. The van der Waals surface area contributed by atoms with Crippen molar-refractivity contribution in [3.63, 3.8) is 0 Å². The maximum Gasteiger partial charge on any atom is 0.163 e. The van der Waals surface area contributed by atoms with E-state index in [9.17, 15) is 0 Å². The van der Waals surface area contributed by atoms with Gasteiger partial charge in [-0.3, -0.25) is 4.99 Å². The number of aryl methyl sites for hydroxylation is 1. The molecule has 0 N–H and O–H groups in total. The van der Waals surface area contributed by atoms with Crippen LogP contribution in [-0.4, -0.2) is 23.0 Å². The highest BCUT2D eigenvalue weighted by Crippen LogP contribution is 2.32. The average molecular weight is 289 g/mol. The van der Waals surface area contributed by atoms with Gasteiger partial charge >= 0.3 is 0 Å². The lowest BCUT2D eigenvalue weighted by Crippen LogP contribution is -2.37. The van der Waals surface area contributed by atoms with E-state index in [1.54, 1.807) is 7.05 Å². The van der Waals surface area contributed by atoms with Gasteiger partial charge in [0.2, 0.25) is 0 Å². The summed E-state index contributed by atoms with van der Waals surface area (Å²) in [4.78, 5) is 16.2. The molecule has 0 spiro atoms. The molecule has 2 aliphatic rings. The molecule has 0 atom stereocenters. The second-order valence-electron chi connectivity index (χ2n) is 4.57. The molecule has 98 valence electrons. The Hall–Kier alpha value is -1.07. The summed E-state index contributed by atoms with van der Waals surface area (Å²) in [6.45, 7) is 6.33. The fourth-order valence-corrected chi connectivity index (χ4v) is 4.62. The first kappa shape index (κ1) is 12.9. The summed E-state index contributed by atoms with van der Waals surface area (Å²) >= 11 is 3.75. The highest BCUT2D eigenvalue weighted by molar-refractivity contribution is 8.17. The molecule has 0 unspecified atom stereocenters. The number of hydrogen-bond donors (Lipinski definition) is 0. The molecule has 0 aromatic carbocycles. The number of fused-ring (bicyclic) bond motifs is 1. The van der Waals surface area contributed by atoms with Gasteiger partial charge in [0.05, 0.1) is 0 Å². The first-order valence-electron chi connectivity index (χ1n) is 6.13. The quantitative estimate of drug-likeness (QED) is 0.735. The van der Waals surface area contributed by atoms with E-state index in [0.717, 1.165) is 32.9 Å². The van der Waals surface area contributed by atoms with Crippen LogP contribution in [0.15, 0.2) is 25.4 Å². The van der Waals surface area contributed by atoms with Crippen LogP contribution in [-0.2, 0) is 0 Å². The minimum absolute atomic E-state index is 0.797. The van der Waals surface area contributed by atoms with E-state index in [1.165, 1.54) is 15.4 Å². The van der Waals surface area contributed by atoms with E-state index in [-0.39, 0.29) is 0 Å². The van der Waals surface area contributed by atoms with Crippen LogP contribution in [0.2, 0.25) is 0 Å². The SMILES string of the molecule is CN=C1N=c2nc(C)c(C)c3c2=C/C1=C(/C)SCS3. The molecule has 2 bridgehead atoms. The van der Waals surface area contributed by atoms with E-state index in [4.69, 9.17) is 0 Å². The molecule has 5 heteroatoms. The molecule has 3 rings (SSSR count). The Morgan fingerprint density at radius 3 is 2.74 bits per heavy atom. The topological polar surface area (TPSA) is 37.6 Å². The minimum Gasteiger partial charge on any atom is -0.270 e. The molecule has 19 heavy (non-hydrogen) atoms. The molecule has 1 aromatic rings. The van der Waals surface area contributed by atoms with Gasteiger partial charge < -0.3 is 0 Å². The number of pyridine rings is 1. The summed E-state index contributed by atoms with van der Waals surface area (Å²) in [6.07, 6.45) is 2.20. The second kappa shape index (κ2) is 4.80. The molecule has 3 nitrogen and oxygen atoms in total. The molecule has 0 fully saturated rings. The highest BCUT2D eigenvalue weighted by atomic mass is 32.2. The van der Waals surface area contributed by atoms with Crippen molar-refractivity contribution in [1.29, 1.82) is 0 Å². The van der Waals surface area contributed by atoms with Crippen LogP contribution in [0.3, 0.4) is 0 Å². The van der Waals surface area contributed by atoms with Gasteiger partial charge in [0.1, 0.15) is 0 Å². The fraction of sp³-hybridized carbons (Fsp3) is 0.357. The van der Waals surface area contributed by atoms with Crippen molar-refractivity contribution in [2.75, 3.05) is 12.1 Å². The zero-order chi connectivity index (χ0) is 13.6. The molecular weight excluding hydrogens is 274 g/mol. The van der Waals surface area contributed by atoms with Crippen LogP contribution in [0.5, 0.6) is 0 Å². The van der Waals surface area contributed by atoms with E-state index in [2.05, 4.69) is 34.9 Å². The van der Waals surface area contributed by atoms with E-state index >= 15 is 0 Å². The summed E-state index contributed by atoms with van der Waals surface area (Å²) in [5, 5.41) is 2.19. The lowest BCUT2D eigenvalue weighted by atomic mass is 10.1. The fourth-order valence-electron chi connectivity index (χ4n) is 2.23. The predicted octanol–water partition coefficient (Wildman–Crippen LogP) is 2.21. The largest absolute Gasteiger partial charge is 0.270 e. The van der Waals surface area contributed by atoms with E-state index < -0.39 is 0 Å². The summed E-state index contributed by atoms with van der Waals surface area (Å²) < 4.78 is 0. The van der Waals surface area contributed by atoms with Gasteiger partial charge in [-0.1, -0.05) is 0 Å². The smallest absolute Gasteiger partial charge is 0.163 e. The van der Waals surface area contributed by atoms with Gasteiger partial charge in [0, 0.05) is 33.5 Å². The summed E-state index contributed by atoms with van der Waals surface area (Å²) in [6, 6.07) is 0. The third-order valence-electron chi connectivity index (χ3n) is 3.45. The monoisotopic (exact) mass is 289 g/mol. The van der Waals surface area contributed by atoms with Gasteiger partial charge in [-0.25, -0.2) is 9.98 Å². The van der Waals surface area contributed by atoms with Crippen molar-refractivity contribution in [2.45, 2.75) is 25.7 Å².